The van der Waals surface area contributed by atoms with E-state index in [1.54, 1.807) is 0 Å². The van der Waals surface area contributed by atoms with Gasteiger partial charge in [-0.15, -0.1) is 0 Å². The first-order chi connectivity index (χ1) is 8.67. The van der Waals surface area contributed by atoms with Gasteiger partial charge in [-0.05, 0) is 6.92 Å². The maximum Gasteiger partial charge on any atom is 0.222 e. The van der Waals surface area contributed by atoms with Crippen molar-refractivity contribution in [3.05, 3.63) is 11.8 Å². The van der Waals surface area contributed by atoms with Crippen LogP contribution in [0.4, 0.5) is 11.8 Å². The van der Waals surface area contributed by atoms with E-state index >= 15 is 0 Å². The molecule has 18 heavy (non-hydrogen) atoms. The molecule has 0 radical (unpaired) electrons. The quantitative estimate of drug-likeness (QED) is 0.791. The summed E-state index contributed by atoms with van der Waals surface area (Å²) in [6.45, 7) is 5.08. The fraction of sp³-hybridized carbons (Fsp3) is 0.667. The average molecular weight is 250 g/mol. The van der Waals surface area contributed by atoms with Crippen LogP contribution < -0.4 is 10.6 Å². The summed E-state index contributed by atoms with van der Waals surface area (Å²) in [6, 6.07) is 1.96. The van der Waals surface area contributed by atoms with Crippen molar-refractivity contribution in [2.24, 2.45) is 0 Å². The molecule has 2 N–H and O–H groups in total. The Kier molecular flexibility index (Phi) is 2.83. The van der Waals surface area contributed by atoms with E-state index in [-0.39, 0.29) is 5.79 Å². The molecule has 98 valence electrons. The van der Waals surface area contributed by atoms with Crippen molar-refractivity contribution < 1.29 is 9.47 Å². The summed E-state index contributed by atoms with van der Waals surface area (Å²) in [5, 5.41) is 0. The molecule has 2 saturated heterocycles. The molecule has 2 aliphatic heterocycles. The lowest BCUT2D eigenvalue weighted by Gasteiger charge is -2.38. The van der Waals surface area contributed by atoms with Gasteiger partial charge in [0.05, 0.1) is 13.2 Å². The minimum atomic E-state index is -0.343. The van der Waals surface area contributed by atoms with E-state index < -0.39 is 0 Å². The maximum absolute atomic E-state index is 5.71. The third kappa shape index (κ3) is 2.13. The molecule has 0 bridgehead atoms. The number of piperidine rings is 1. The number of hydrogen-bond donors (Lipinski definition) is 1. The Morgan fingerprint density at radius 3 is 2.50 bits per heavy atom. The third-order valence-electron chi connectivity index (χ3n) is 3.52. The average Bonchev–Trinajstić information content (AvgIpc) is 2.77. The molecule has 0 saturated carbocycles. The Bertz CT molecular complexity index is 415. The fourth-order valence-electron chi connectivity index (χ4n) is 2.60. The largest absolute Gasteiger partial charge is 0.368 e. The predicted octanol–water partition coefficient (Wildman–Crippen LogP) is 0.711. The van der Waals surface area contributed by atoms with Crippen molar-refractivity contribution in [1.82, 2.24) is 9.97 Å². The highest BCUT2D eigenvalue weighted by molar-refractivity contribution is 5.43. The van der Waals surface area contributed by atoms with Gasteiger partial charge in [0.15, 0.2) is 5.79 Å². The van der Waals surface area contributed by atoms with Crippen molar-refractivity contribution in [2.45, 2.75) is 25.6 Å². The lowest BCUT2D eigenvalue weighted by atomic mass is 10.0. The number of rotatable bonds is 1. The van der Waals surface area contributed by atoms with Crippen molar-refractivity contribution >= 4 is 11.8 Å². The molecule has 0 unspecified atom stereocenters. The molecule has 0 atom stereocenters. The zero-order valence-corrected chi connectivity index (χ0v) is 10.6. The van der Waals surface area contributed by atoms with Gasteiger partial charge in [0, 0.05) is 37.7 Å². The van der Waals surface area contributed by atoms with Gasteiger partial charge < -0.3 is 20.1 Å². The maximum atomic E-state index is 5.71. The Morgan fingerprint density at radius 2 is 1.89 bits per heavy atom. The smallest absolute Gasteiger partial charge is 0.222 e. The zero-order valence-electron chi connectivity index (χ0n) is 10.6. The van der Waals surface area contributed by atoms with Crippen molar-refractivity contribution in [3.63, 3.8) is 0 Å². The number of nitrogen functional groups attached to an aromatic ring is 1. The highest BCUT2D eigenvalue weighted by atomic mass is 16.7. The first-order valence-electron chi connectivity index (χ1n) is 6.31. The molecular weight excluding hydrogens is 232 g/mol. The summed E-state index contributed by atoms with van der Waals surface area (Å²) < 4.78 is 11.4. The highest BCUT2D eigenvalue weighted by Crippen LogP contribution is 2.32. The van der Waals surface area contributed by atoms with Gasteiger partial charge in [-0.2, -0.15) is 4.98 Å². The van der Waals surface area contributed by atoms with Gasteiger partial charge in [-0.3, -0.25) is 0 Å². The molecule has 0 aromatic carbocycles. The van der Waals surface area contributed by atoms with Gasteiger partial charge in [0.1, 0.15) is 5.82 Å². The topological polar surface area (TPSA) is 73.5 Å². The third-order valence-corrected chi connectivity index (χ3v) is 3.52. The Labute approximate surface area is 106 Å². The number of hydrogen-bond acceptors (Lipinski definition) is 6. The molecule has 3 heterocycles. The van der Waals surface area contributed by atoms with Crippen LogP contribution in [0, 0.1) is 6.92 Å². The summed E-state index contributed by atoms with van der Waals surface area (Å²) in [5.41, 5.74) is 6.58. The van der Waals surface area contributed by atoms with Crippen LogP contribution in [-0.2, 0) is 9.47 Å². The highest BCUT2D eigenvalue weighted by Gasteiger charge is 2.40. The van der Waals surface area contributed by atoms with E-state index in [2.05, 4.69) is 14.9 Å². The predicted molar refractivity (Wildman–Crippen MR) is 67.3 cm³/mol. The monoisotopic (exact) mass is 250 g/mol. The number of ether oxygens (including phenoxy) is 2. The van der Waals surface area contributed by atoms with Gasteiger partial charge in [-0.1, -0.05) is 0 Å². The second-order valence-corrected chi connectivity index (χ2v) is 4.82. The molecule has 6 nitrogen and oxygen atoms in total. The Balaban J connectivity index is 1.72. The second-order valence-electron chi connectivity index (χ2n) is 4.82. The summed E-state index contributed by atoms with van der Waals surface area (Å²) in [7, 11) is 0. The number of nitrogens with zero attached hydrogens (tertiary/aromatic N) is 3. The number of nitrogens with two attached hydrogens (primary N) is 1. The number of aromatic nitrogens is 2. The van der Waals surface area contributed by atoms with E-state index in [0.717, 1.165) is 37.4 Å². The SMILES string of the molecule is Cc1cc(N2CCC3(CC2)OCCO3)nc(N)n1. The lowest BCUT2D eigenvalue weighted by Crippen LogP contribution is -2.45. The molecule has 6 heteroatoms. The van der Waals surface area contributed by atoms with Crippen LogP contribution in [0.1, 0.15) is 18.5 Å². The van der Waals surface area contributed by atoms with E-state index in [0.29, 0.717) is 19.2 Å². The lowest BCUT2D eigenvalue weighted by molar-refractivity contribution is -0.169. The molecule has 1 aromatic heterocycles. The summed E-state index contributed by atoms with van der Waals surface area (Å²) in [5.74, 6) is 0.885. The number of anilines is 2. The zero-order chi connectivity index (χ0) is 12.6. The minimum Gasteiger partial charge on any atom is -0.368 e. The Morgan fingerprint density at radius 1 is 1.22 bits per heavy atom. The van der Waals surface area contributed by atoms with Gasteiger partial charge in [0.25, 0.3) is 0 Å². The second kappa shape index (κ2) is 4.37. The van der Waals surface area contributed by atoms with Crippen LogP contribution in [-0.4, -0.2) is 42.1 Å². The van der Waals surface area contributed by atoms with Crippen molar-refractivity contribution in [2.75, 3.05) is 36.9 Å². The molecule has 2 fully saturated rings. The van der Waals surface area contributed by atoms with Gasteiger partial charge >= 0.3 is 0 Å². The normalized spacial score (nSPS) is 22.6. The summed E-state index contributed by atoms with van der Waals surface area (Å²) in [6.07, 6.45) is 1.74. The van der Waals surface area contributed by atoms with E-state index in [4.69, 9.17) is 15.2 Å². The van der Waals surface area contributed by atoms with Crippen LogP contribution in [0.5, 0.6) is 0 Å². The molecule has 2 aliphatic rings. The standard InChI is InChI=1S/C12H18N4O2/c1-9-8-10(15-11(13)14-9)16-4-2-12(3-5-16)17-6-7-18-12/h8H,2-7H2,1H3,(H2,13,14,15). The van der Waals surface area contributed by atoms with Crippen molar-refractivity contribution in [1.29, 1.82) is 0 Å². The van der Waals surface area contributed by atoms with Crippen LogP contribution >= 0.6 is 0 Å². The number of aryl methyl sites for hydroxylation is 1. The first kappa shape index (κ1) is 11.7. The minimum absolute atomic E-state index is 0.332. The van der Waals surface area contributed by atoms with Gasteiger partial charge in [0.2, 0.25) is 5.95 Å². The van der Waals surface area contributed by atoms with Crippen LogP contribution in [0.15, 0.2) is 6.07 Å². The molecule has 0 amide bonds. The summed E-state index contributed by atoms with van der Waals surface area (Å²) >= 11 is 0. The van der Waals surface area contributed by atoms with Crippen LogP contribution in [0.2, 0.25) is 0 Å². The van der Waals surface area contributed by atoms with Crippen LogP contribution in [0.25, 0.3) is 0 Å². The van der Waals surface area contributed by atoms with Gasteiger partial charge in [-0.25, -0.2) is 4.98 Å². The van der Waals surface area contributed by atoms with E-state index in [1.807, 2.05) is 13.0 Å². The van der Waals surface area contributed by atoms with Crippen LogP contribution in [0.3, 0.4) is 0 Å². The molecule has 1 spiro atoms. The molecule has 0 aliphatic carbocycles. The molecule has 1 aromatic rings. The summed E-state index contributed by atoms with van der Waals surface area (Å²) in [4.78, 5) is 10.6. The molecule has 3 rings (SSSR count). The fourth-order valence-corrected chi connectivity index (χ4v) is 2.60. The van der Waals surface area contributed by atoms with E-state index in [1.165, 1.54) is 0 Å². The first-order valence-corrected chi connectivity index (χ1v) is 6.31. The molecular formula is C12H18N4O2. The Hall–Kier alpha value is -1.40. The van der Waals surface area contributed by atoms with E-state index in [9.17, 15) is 0 Å². The van der Waals surface area contributed by atoms with Crippen molar-refractivity contribution in [3.8, 4) is 0 Å².